The predicted octanol–water partition coefficient (Wildman–Crippen LogP) is 0.0327. The van der Waals surface area contributed by atoms with Crippen molar-refractivity contribution in [3.63, 3.8) is 0 Å². The van der Waals surface area contributed by atoms with E-state index in [4.69, 9.17) is 10.5 Å². The van der Waals surface area contributed by atoms with Crippen molar-refractivity contribution in [2.75, 3.05) is 38.5 Å². The number of nitrogens with one attached hydrogen (secondary N) is 1. The molecule has 0 aromatic carbocycles. The van der Waals surface area contributed by atoms with Gasteiger partial charge >= 0.3 is 0 Å². The number of morpholine rings is 1. The van der Waals surface area contributed by atoms with Gasteiger partial charge < -0.3 is 10.5 Å². The molecular formula is C11H20N4O3S2. The third-order valence-corrected chi connectivity index (χ3v) is 6.21. The van der Waals surface area contributed by atoms with Gasteiger partial charge in [0.1, 0.15) is 0 Å². The van der Waals surface area contributed by atoms with Crippen molar-refractivity contribution in [1.82, 2.24) is 14.6 Å². The Kier molecular flexibility index (Phi) is 4.97. The second-order valence-corrected chi connectivity index (χ2v) is 7.66. The molecule has 114 valence electrons. The molecule has 3 N–H and O–H groups in total. The van der Waals surface area contributed by atoms with Crippen LogP contribution < -0.4 is 10.5 Å². The van der Waals surface area contributed by atoms with E-state index >= 15 is 0 Å². The third-order valence-electron chi connectivity index (χ3n) is 3.19. The van der Waals surface area contributed by atoms with Crippen molar-refractivity contribution >= 4 is 26.5 Å². The predicted molar refractivity (Wildman–Crippen MR) is 78.3 cm³/mol. The first-order valence-electron chi connectivity index (χ1n) is 6.49. The highest BCUT2D eigenvalue weighted by Gasteiger charge is 2.25. The number of aromatic nitrogens is 1. The Morgan fingerprint density at radius 1 is 1.60 bits per heavy atom. The Bertz CT molecular complexity index is 558. The van der Waals surface area contributed by atoms with Crippen molar-refractivity contribution in [2.45, 2.75) is 24.2 Å². The largest absolute Gasteiger partial charge is 0.375 e. The van der Waals surface area contributed by atoms with Crippen molar-refractivity contribution in [3.05, 3.63) is 5.69 Å². The van der Waals surface area contributed by atoms with Gasteiger partial charge in [-0.25, -0.2) is 18.1 Å². The number of ether oxygens (including phenoxy) is 1. The van der Waals surface area contributed by atoms with Crippen LogP contribution in [-0.4, -0.2) is 57.2 Å². The number of hydrogen-bond donors (Lipinski definition) is 2. The van der Waals surface area contributed by atoms with Crippen LogP contribution in [0.5, 0.6) is 0 Å². The van der Waals surface area contributed by atoms with E-state index in [0.29, 0.717) is 12.3 Å². The maximum atomic E-state index is 12.2. The van der Waals surface area contributed by atoms with E-state index in [-0.39, 0.29) is 22.0 Å². The number of likely N-dealkylation sites (N-methyl/N-ethyl adjacent to an activating group) is 1. The summed E-state index contributed by atoms with van der Waals surface area (Å²) < 4.78 is 32.7. The van der Waals surface area contributed by atoms with Gasteiger partial charge in [-0.05, 0) is 13.5 Å². The minimum absolute atomic E-state index is 0.121. The van der Waals surface area contributed by atoms with Crippen LogP contribution in [0.25, 0.3) is 0 Å². The SMILES string of the molecule is CCN1CCOC(CNS(=O)(=O)c2sc(N)nc2C)C1. The van der Waals surface area contributed by atoms with Crippen LogP contribution in [0.15, 0.2) is 4.21 Å². The fourth-order valence-corrected chi connectivity index (χ4v) is 4.52. The minimum Gasteiger partial charge on any atom is -0.375 e. The van der Waals surface area contributed by atoms with Gasteiger partial charge in [-0.3, -0.25) is 4.90 Å². The molecule has 1 atom stereocenters. The third kappa shape index (κ3) is 3.67. The molecule has 1 saturated heterocycles. The van der Waals surface area contributed by atoms with Crippen LogP contribution in [0.2, 0.25) is 0 Å². The lowest BCUT2D eigenvalue weighted by molar-refractivity contribution is -0.0229. The molecule has 2 rings (SSSR count). The highest BCUT2D eigenvalue weighted by atomic mass is 32.2. The van der Waals surface area contributed by atoms with Crippen LogP contribution >= 0.6 is 11.3 Å². The Labute approximate surface area is 123 Å². The van der Waals surface area contributed by atoms with E-state index < -0.39 is 10.0 Å². The molecule has 1 aromatic heterocycles. The second-order valence-electron chi connectivity index (χ2n) is 4.66. The Hall–Kier alpha value is -0.740. The summed E-state index contributed by atoms with van der Waals surface area (Å²) in [5.41, 5.74) is 5.97. The zero-order chi connectivity index (χ0) is 14.8. The van der Waals surface area contributed by atoms with E-state index in [2.05, 4.69) is 21.5 Å². The van der Waals surface area contributed by atoms with Crippen molar-refractivity contribution in [1.29, 1.82) is 0 Å². The fourth-order valence-electron chi connectivity index (χ4n) is 2.11. The lowest BCUT2D eigenvalue weighted by atomic mass is 10.3. The molecule has 1 unspecified atom stereocenters. The molecule has 1 aromatic rings. The summed E-state index contributed by atoms with van der Waals surface area (Å²) in [7, 11) is -3.57. The summed E-state index contributed by atoms with van der Waals surface area (Å²) >= 11 is 0.978. The number of hydrogen-bond acceptors (Lipinski definition) is 7. The summed E-state index contributed by atoms with van der Waals surface area (Å²) in [6.07, 6.45) is -0.121. The van der Waals surface area contributed by atoms with Gasteiger partial charge in [-0.15, -0.1) is 0 Å². The topological polar surface area (TPSA) is 97.5 Å². The number of nitrogens with two attached hydrogens (primary N) is 1. The first kappa shape index (κ1) is 15.6. The number of nitrogen functional groups attached to an aromatic ring is 1. The first-order chi connectivity index (χ1) is 9.42. The number of sulfonamides is 1. The fraction of sp³-hybridized carbons (Fsp3) is 0.727. The van der Waals surface area contributed by atoms with E-state index in [1.165, 1.54) is 0 Å². The maximum Gasteiger partial charge on any atom is 0.252 e. The lowest BCUT2D eigenvalue weighted by Crippen LogP contribution is -2.47. The van der Waals surface area contributed by atoms with Crippen LogP contribution in [0.4, 0.5) is 5.13 Å². The molecule has 20 heavy (non-hydrogen) atoms. The zero-order valence-corrected chi connectivity index (χ0v) is 13.3. The molecule has 0 saturated carbocycles. The summed E-state index contributed by atoms with van der Waals surface area (Å²) in [5.74, 6) is 0. The number of aryl methyl sites for hydroxylation is 1. The Balaban J connectivity index is 1.97. The zero-order valence-electron chi connectivity index (χ0n) is 11.6. The number of nitrogens with zero attached hydrogens (tertiary/aromatic N) is 2. The van der Waals surface area contributed by atoms with Crippen LogP contribution in [-0.2, 0) is 14.8 Å². The average Bonchev–Trinajstić information content (AvgIpc) is 2.77. The van der Waals surface area contributed by atoms with Gasteiger partial charge in [0, 0.05) is 19.6 Å². The highest BCUT2D eigenvalue weighted by molar-refractivity contribution is 7.91. The van der Waals surface area contributed by atoms with E-state index in [1.54, 1.807) is 6.92 Å². The molecule has 2 heterocycles. The average molecular weight is 320 g/mol. The number of anilines is 1. The normalized spacial score (nSPS) is 21.2. The van der Waals surface area contributed by atoms with Crippen LogP contribution in [0.1, 0.15) is 12.6 Å². The van der Waals surface area contributed by atoms with Gasteiger partial charge in [0.15, 0.2) is 9.34 Å². The van der Waals surface area contributed by atoms with E-state index in [9.17, 15) is 8.42 Å². The monoisotopic (exact) mass is 320 g/mol. The molecule has 1 fully saturated rings. The van der Waals surface area contributed by atoms with Gasteiger partial charge in [0.05, 0.1) is 18.4 Å². The van der Waals surface area contributed by atoms with Gasteiger partial charge in [0.2, 0.25) is 0 Å². The summed E-state index contributed by atoms with van der Waals surface area (Å²) in [6.45, 7) is 7.18. The summed E-state index contributed by atoms with van der Waals surface area (Å²) in [6, 6.07) is 0. The first-order valence-corrected chi connectivity index (χ1v) is 8.79. The smallest absolute Gasteiger partial charge is 0.252 e. The summed E-state index contributed by atoms with van der Waals surface area (Å²) in [4.78, 5) is 6.17. The van der Waals surface area contributed by atoms with Gasteiger partial charge in [0.25, 0.3) is 10.0 Å². The standard InChI is InChI=1S/C11H20N4O3S2/c1-3-15-4-5-18-9(7-15)6-13-20(16,17)10-8(2)14-11(12)19-10/h9,13H,3-7H2,1-2H3,(H2,12,14). The van der Waals surface area contributed by atoms with Crippen molar-refractivity contribution < 1.29 is 13.2 Å². The second kappa shape index (κ2) is 6.35. The molecule has 0 aliphatic carbocycles. The van der Waals surface area contributed by atoms with Crippen LogP contribution in [0.3, 0.4) is 0 Å². The van der Waals surface area contributed by atoms with E-state index in [0.717, 1.165) is 31.0 Å². The molecular weight excluding hydrogens is 300 g/mol. The van der Waals surface area contributed by atoms with Crippen molar-refractivity contribution in [3.8, 4) is 0 Å². The maximum absolute atomic E-state index is 12.2. The molecule has 0 spiro atoms. The van der Waals surface area contributed by atoms with Crippen molar-refractivity contribution in [2.24, 2.45) is 0 Å². The van der Waals surface area contributed by atoms with E-state index in [1.807, 2.05) is 0 Å². The quantitative estimate of drug-likeness (QED) is 0.794. The Morgan fingerprint density at radius 2 is 2.35 bits per heavy atom. The molecule has 0 radical (unpaired) electrons. The molecule has 9 heteroatoms. The highest BCUT2D eigenvalue weighted by Crippen LogP contribution is 2.24. The van der Waals surface area contributed by atoms with Gasteiger partial charge in [-0.2, -0.15) is 0 Å². The molecule has 1 aliphatic rings. The van der Waals surface area contributed by atoms with Crippen LogP contribution in [0, 0.1) is 6.92 Å². The molecule has 0 bridgehead atoms. The Morgan fingerprint density at radius 3 is 2.95 bits per heavy atom. The van der Waals surface area contributed by atoms with Gasteiger partial charge in [-0.1, -0.05) is 18.3 Å². The molecule has 0 amide bonds. The lowest BCUT2D eigenvalue weighted by Gasteiger charge is -2.32. The number of thiazole rings is 1. The number of rotatable bonds is 5. The minimum atomic E-state index is -3.57. The summed E-state index contributed by atoms with van der Waals surface area (Å²) in [5, 5.41) is 0.258. The molecule has 1 aliphatic heterocycles. The molecule has 7 nitrogen and oxygen atoms in total.